The van der Waals surface area contributed by atoms with E-state index in [0.29, 0.717) is 41.1 Å². The zero-order valence-electron chi connectivity index (χ0n) is 14.2. The van der Waals surface area contributed by atoms with Gasteiger partial charge in [-0.25, -0.2) is 0 Å². The van der Waals surface area contributed by atoms with Crippen LogP contribution in [-0.2, 0) is 4.74 Å². The number of rotatable bonds is 9. The highest BCUT2D eigenvalue weighted by Crippen LogP contribution is 2.23. The highest BCUT2D eigenvalue weighted by Gasteiger charge is 2.27. The van der Waals surface area contributed by atoms with Crippen molar-refractivity contribution >= 4 is 29.2 Å². The number of benzene rings is 1. The van der Waals surface area contributed by atoms with Gasteiger partial charge in [-0.1, -0.05) is 23.2 Å². The number of hydrogen-bond acceptors (Lipinski definition) is 3. The Balaban J connectivity index is 2.44. The summed E-state index contributed by atoms with van der Waals surface area (Å²) in [7, 11) is 0. The molecule has 1 unspecified atom stereocenters. The molecule has 0 aliphatic heterocycles. The lowest BCUT2D eigenvalue weighted by Crippen LogP contribution is -2.38. The van der Waals surface area contributed by atoms with Gasteiger partial charge in [0.1, 0.15) is 6.61 Å². The lowest BCUT2D eigenvalue weighted by atomic mass is 10.1. The molecule has 1 aromatic carbocycles. The second-order valence-corrected chi connectivity index (χ2v) is 6.26. The summed E-state index contributed by atoms with van der Waals surface area (Å²) in [6, 6.07) is 4.77. The molecule has 26 heavy (non-hydrogen) atoms. The third kappa shape index (κ3) is 10.1. The molecule has 1 aromatic rings. The average molecular weight is 416 g/mol. The predicted octanol–water partition coefficient (Wildman–Crippen LogP) is 3.55. The molecule has 0 aromatic heterocycles. The van der Waals surface area contributed by atoms with Gasteiger partial charge in [0.25, 0.3) is 0 Å². The number of aliphatic hydroxyl groups is 1. The second kappa shape index (κ2) is 11.5. The van der Waals surface area contributed by atoms with Crippen LogP contribution in [0.1, 0.15) is 25.0 Å². The maximum absolute atomic E-state index is 11.9. The van der Waals surface area contributed by atoms with Gasteiger partial charge in [-0.15, -0.1) is 0 Å². The van der Waals surface area contributed by atoms with Crippen molar-refractivity contribution < 1.29 is 23.0 Å². The SMILES string of the molecule is CCNC(=NCC(O)c1cc(Cl)cc(Cl)c1)NCCCOCC(F)(F)F. The fourth-order valence-corrected chi connectivity index (χ4v) is 2.50. The third-order valence-electron chi connectivity index (χ3n) is 3.06. The van der Waals surface area contributed by atoms with Crippen molar-refractivity contribution in [2.45, 2.75) is 25.6 Å². The Bertz CT molecular complexity index is 566. The first-order valence-corrected chi connectivity index (χ1v) is 8.77. The Morgan fingerprint density at radius 2 is 1.88 bits per heavy atom. The van der Waals surface area contributed by atoms with E-state index in [2.05, 4.69) is 20.4 Å². The van der Waals surface area contributed by atoms with Gasteiger partial charge >= 0.3 is 6.18 Å². The highest BCUT2D eigenvalue weighted by atomic mass is 35.5. The van der Waals surface area contributed by atoms with E-state index in [1.165, 1.54) is 0 Å². The van der Waals surface area contributed by atoms with Crippen LogP contribution in [0.5, 0.6) is 0 Å². The van der Waals surface area contributed by atoms with E-state index in [0.717, 1.165) is 0 Å². The van der Waals surface area contributed by atoms with E-state index >= 15 is 0 Å². The first-order valence-electron chi connectivity index (χ1n) is 8.02. The van der Waals surface area contributed by atoms with Crippen molar-refractivity contribution in [1.29, 1.82) is 0 Å². The van der Waals surface area contributed by atoms with Crippen LogP contribution in [-0.4, -0.2) is 50.1 Å². The Morgan fingerprint density at radius 3 is 2.46 bits per heavy atom. The molecule has 10 heteroatoms. The minimum absolute atomic E-state index is 0.0183. The predicted molar refractivity (Wildman–Crippen MR) is 96.9 cm³/mol. The number of aliphatic imine (C=N–C) groups is 1. The molecule has 0 aliphatic rings. The minimum atomic E-state index is -4.32. The molecule has 0 heterocycles. The van der Waals surface area contributed by atoms with Crippen molar-refractivity contribution in [3.05, 3.63) is 33.8 Å². The average Bonchev–Trinajstić information content (AvgIpc) is 2.53. The van der Waals surface area contributed by atoms with E-state index in [-0.39, 0.29) is 13.2 Å². The third-order valence-corrected chi connectivity index (χ3v) is 3.50. The maximum atomic E-state index is 11.9. The van der Waals surface area contributed by atoms with Crippen LogP contribution in [0.25, 0.3) is 0 Å². The molecule has 0 bridgehead atoms. The van der Waals surface area contributed by atoms with Gasteiger partial charge in [-0.2, -0.15) is 13.2 Å². The standard InChI is InChI=1S/C16H22Cl2F3N3O2/c1-2-22-15(23-4-3-5-26-10-16(19,20)21)24-9-14(25)11-6-12(17)8-13(18)7-11/h6-8,14,25H,2-5,9-10H2,1H3,(H2,22,23,24). The first kappa shape index (κ1) is 22.8. The summed E-state index contributed by atoms with van der Waals surface area (Å²) in [4.78, 5) is 4.24. The molecule has 0 radical (unpaired) electrons. The number of nitrogens with zero attached hydrogens (tertiary/aromatic N) is 1. The smallest absolute Gasteiger partial charge is 0.386 e. The number of nitrogens with one attached hydrogen (secondary N) is 2. The molecule has 0 saturated carbocycles. The molecule has 1 atom stereocenters. The van der Waals surface area contributed by atoms with E-state index in [4.69, 9.17) is 23.2 Å². The second-order valence-electron chi connectivity index (χ2n) is 5.39. The summed E-state index contributed by atoms with van der Waals surface area (Å²) in [6.07, 6.45) is -4.83. The van der Waals surface area contributed by atoms with Crippen molar-refractivity contribution in [2.24, 2.45) is 4.99 Å². The van der Waals surface area contributed by atoms with E-state index in [9.17, 15) is 18.3 Å². The fraction of sp³-hybridized carbons (Fsp3) is 0.562. The highest BCUT2D eigenvalue weighted by molar-refractivity contribution is 6.34. The van der Waals surface area contributed by atoms with Gasteiger partial charge in [-0.3, -0.25) is 4.99 Å². The first-order chi connectivity index (χ1) is 12.2. The quantitative estimate of drug-likeness (QED) is 0.327. The maximum Gasteiger partial charge on any atom is 0.411 e. The zero-order valence-corrected chi connectivity index (χ0v) is 15.8. The van der Waals surface area contributed by atoms with Crippen LogP contribution in [0.4, 0.5) is 13.2 Å². The van der Waals surface area contributed by atoms with Crippen LogP contribution in [0, 0.1) is 0 Å². The van der Waals surface area contributed by atoms with Gasteiger partial charge in [0.15, 0.2) is 5.96 Å². The van der Waals surface area contributed by atoms with Crippen molar-refractivity contribution in [2.75, 3.05) is 32.8 Å². The number of ether oxygens (including phenoxy) is 1. The molecule has 0 saturated heterocycles. The Labute approximate surface area is 160 Å². The topological polar surface area (TPSA) is 65.9 Å². The van der Waals surface area contributed by atoms with Crippen molar-refractivity contribution in [3.8, 4) is 0 Å². The Morgan fingerprint density at radius 1 is 1.23 bits per heavy atom. The lowest BCUT2D eigenvalue weighted by molar-refractivity contribution is -0.173. The Hall–Kier alpha value is -1.22. The number of hydrogen-bond donors (Lipinski definition) is 3. The summed E-state index contributed by atoms with van der Waals surface area (Å²) in [5.74, 6) is 0.440. The largest absolute Gasteiger partial charge is 0.411 e. The molecule has 0 spiro atoms. The van der Waals surface area contributed by atoms with Crippen molar-refractivity contribution in [1.82, 2.24) is 10.6 Å². The van der Waals surface area contributed by atoms with Gasteiger partial charge < -0.3 is 20.5 Å². The molecule has 0 aliphatic carbocycles. The van der Waals surface area contributed by atoms with E-state index < -0.39 is 18.9 Å². The number of aliphatic hydroxyl groups excluding tert-OH is 1. The fourth-order valence-electron chi connectivity index (χ4n) is 1.96. The van der Waals surface area contributed by atoms with Crippen LogP contribution in [0.2, 0.25) is 10.0 Å². The summed E-state index contributed by atoms with van der Waals surface area (Å²) in [5, 5.41) is 17.0. The van der Waals surface area contributed by atoms with Gasteiger partial charge in [0.2, 0.25) is 0 Å². The number of alkyl halides is 3. The van der Waals surface area contributed by atoms with Crippen LogP contribution < -0.4 is 10.6 Å². The van der Waals surface area contributed by atoms with E-state index in [1.807, 2.05) is 6.92 Å². The molecule has 3 N–H and O–H groups in total. The molecule has 5 nitrogen and oxygen atoms in total. The Kier molecular flexibility index (Phi) is 10.1. The lowest BCUT2D eigenvalue weighted by Gasteiger charge is -2.14. The van der Waals surface area contributed by atoms with Crippen LogP contribution in [0.3, 0.4) is 0 Å². The number of guanidine groups is 1. The summed E-state index contributed by atoms with van der Waals surface area (Å²) in [6.45, 7) is 1.64. The molecule has 1 rings (SSSR count). The number of halogens is 5. The van der Waals surface area contributed by atoms with Gasteiger partial charge in [0.05, 0.1) is 12.6 Å². The van der Waals surface area contributed by atoms with Gasteiger partial charge in [-0.05, 0) is 37.1 Å². The van der Waals surface area contributed by atoms with Crippen LogP contribution in [0.15, 0.2) is 23.2 Å². The molecule has 0 fully saturated rings. The summed E-state index contributed by atoms with van der Waals surface area (Å²) >= 11 is 11.8. The normalized spacial score (nSPS) is 13.6. The summed E-state index contributed by atoms with van der Waals surface area (Å²) < 4.78 is 40.4. The molecular weight excluding hydrogens is 394 g/mol. The molecule has 148 valence electrons. The van der Waals surface area contributed by atoms with Crippen LogP contribution >= 0.6 is 23.2 Å². The molecule has 0 amide bonds. The summed E-state index contributed by atoms with van der Waals surface area (Å²) in [5.41, 5.74) is 0.544. The monoisotopic (exact) mass is 415 g/mol. The van der Waals surface area contributed by atoms with E-state index in [1.54, 1.807) is 18.2 Å². The van der Waals surface area contributed by atoms with Crippen molar-refractivity contribution in [3.63, 3.8) is 0 Å². The van der Waals surface area contributed by atoms with Gasteiger partial charge in [0, 0.05) is 29.7 Å². The molecular formula is C16H22Cl2F3N3O2. The minimum Gasteiger partial charge on any atom is -0.386 e. The zero-order chi connectivity index (χ0) is 19.6.